The van der Waals surface area contributed by atoms with Gasteiger partial charge in [-0.1, -0.05) is 17.7 Å². The van der Waals surface area contributed by atoms with Crippen LogP contribution in [-0.2, 0) is 14.8 Å². The lowest BCUT2D eigenvalue weighted by molar-refractivity contribution is 0.104. The first kappa shape index (κ1) is 16.8. The molecule has 1 atom stereocenters. The van der Waals surface area contributed by atoms with Gasteiger partial charge in [-0.2, -0.15) is 11.8 Å². The average Bonchev–Trinajstić information content (AvgIpc) is 2.39. The standard InChI is InChI=1S/C12H18ClNO3S2/c1-17-11(6-7-18-2)9-14-19(15,16)12-5-3-4-10(13)8-12/h3-5,8,11,14H,6-7,9H2,1-2H3. The Morgan fingerprint density at radius 1 is 1.47 bits per heavy atom. The molecule has 108 valence electrons. The van der Waals surface area contributed by atoms with Crippen LogP contribution in [0.2, 0.25) is 5.02 Å². The van der Waals surface area contributed by atoms with Crippen molar-refractivity contribution in [2.45, 2.75) is 17.4 Å². The molecular formula is C12H18ClNO3S2. The number of hydrogen-bond acceptors (Lipinski definition) is 4. The largest absolute Gasteiger partial charge is 0.380 e. The average molecular weight is 324 g/mol. The number of methoxy groups -OCH3 is 1. The van der Waals surface area contributed by atoms with Gasteiger partial charge >= 0.3 is 0 Å². The number of sulfonamides is 1. The van der Waals surface area contributed by atoms with E-state index >= 15 is 0 Å². The highest BCUT2D eigenvalue weighted by Gasteiger charge is 2.16. The van der Waals surface area contributed by atoms with E-state index in [0.717, 1.165) is 12.2 Å². The second kappa shape index (κ2) is 8.11. The third-order valence-corrected chi connectivity index (χ3v) is 4.88. The van der Waals surface area contributed by atoms with Gasteiger partial charge in [0.2, 0.25) is 10.0 Å². The van der Waals surface area contributed by atoms with Gasteiger partial charge in [0, 0.05) is 18.7 Å². The molecule has 1 aromatic carbocycles. The molecule has 0 bridgehead atoms. The Hall–Kier alpha value is -0.270. The van der Waals surface area contributed by atoms with Crippen LogP contribution >= 0.6 is 23.4 Å². The zero-order chi connectivity index (χ0) is 14.3. The van der Waals surface area contributed by atoms with Crippen molar-refractivity contribution in [3.05, 3.63) is 29.3 Å². The van der Waals surface area contributed by atoms with Gasteiger partial charge in [0.25, 0.3) is 0 Å². The molecule has 0 heterocycles. The predicted molar refractivity (Wildman–Crippen MR) is 80.4 cm³/mol. The number of nitrogens with one attached hydrogen (secondary N) is 1. The first-order valence-electron chi connectivity index (χ1n) is 5.76. The van der Waals surface area contributed by atoms with Crippen LogP contribution in [0, 0.1) is 0 Å². The van der Waals surface area contributed by atoms with Gasteiger partial charge < -0.3 is 4.74 Å². The van der Waals surface area contributed by atoms with Crippen molar-refractivity contribution in [3.8, 4) is 0 Å². The summed E-state index contributed by atoms with van der Waals surface area (Å²) in [5.74, 6) is 0.928. The van der Waals surface area contributed by atoms with E-state index in [1.54, 1.807) is 31.0 Å². The predicted octanol–water partition coefficient (Wildman–Crippen LogP) is 2.39. The highest BCUT2D eigenvalue weighted by Crippen LogP contribution is 2.15. The van der Waals surface area contributed by atoms with E-state index in [9.17, 15) is 8.42 Å². The van der Waals surface area contributed by atoms with Crippen LogP contribution in [0.15, 0.2) is 29.2 Å². The minimum Gasteiger partial charge on any atom is -0.380 e. The number of thioether (sulfide) groups is 1. The molecule has 0 aliphatic rings. The summed E-state index contributed by atoms with van der Waals surface area (Å²) in [5, 5.41) is 0.397. The molecule has 4 nitrogen and oxygen atoms in total. The molecule has 1 N–H and O–H groups in total. The monoisotopic (exact) mass is 323 g/mol. The molecule has 0 fully saturated rings. The van der Waals surface area contributed by atoms with Crippen molar-refractivity contribution in [2.75, 3.05) is 25.7 Å². The third-order valence-electron chi connectivity index (χ3n) is 2.58. The zero-order valence-corrected chi connectivity index (χ0v) is 13.3. The quantitative estimate of drug-likeness (QED) is 0.798. The smallest absolute Gasteiger partial charge is 0.240 e. The Kier molecular flexibility index (Phi) is 7.17. The summed E-state index contributed by atoms with van der Waals surface area (Å²) in [7, 11) is -1.95. The lowest BCUT2D eigenvalue weighted by Gasteiger charge is -2.15. The van der Waals surface area contributed by atoms with Gasteiger partial charge in [0.15, 0.2) is 0 Å². The summed E-state index contributed by atoms with van der Waals surface area (Å²) >= 11 is 7.49. The van der Waals surface area contributed by atoms with E-state index in [1.807, 2.05) is 6.26 Å². The van der Waals surface area contributed by atoms with Gasteiger partial charge in [-0.05, 0) is 36.6 Å². The summed E-state index contributed by atoms with van der Waals surface area (Å²) in [6.07, 6.45) is 2.68. The van der Waals surface area contributed by atoms with E-state index in [2.05, 4.69) is 4.72 Å². The Bertz CT molecular complexity index is 494. The molecule has 0 spiro atoms. The lowest BCUT2D eigenvalue weighted by Crippen LogP contribution is -2.33. The SMILES string of the molecule is COC(CCSC)CNS(=O)(=O)c1cccc(Cl)c1. The number of hydrogen-bond donors (Lipinski definition) is 1. The second-order valence-corrected chi connectivity index (χ2v) is 7.14. The molecule has 7 heteroatoms. The second-order valence-electron chi connectivity index (χ2n) is 3.95. The summed E-state index contributed by atoms with van der Waals surface area (Å²) in [6.45, 7) is 0.256. The maximum atomic E-state index is 12.0. The number of ether oxygens (including phenoxy) is 1. The van der Waals surface area contributed by atoms with Gasteiger partial charge in [0.1, 0.15) is 0 Å². The number of rotatable bonds is 8. The van der Waals surface area contributed by atoms with Crippen LogP contribution < -0.4 is 4.72 Å². The third kappa shape index (κ3) is 5.71. The van der Waals surface area contributed by atoms with Crippen molar-refractivity contribution < 1.29 is 13.2 Å². The molecule has 0 radical (unpaired) electrons. The van der Waals surface area contributed by atoms with Crippen molar-refractivity contribution in [1.82, 2.24) is 4.72 Å². The minimum atomic E-state index is -3.53. The van der Waals surface area contributed by atoms with Crippen LogP contribution in [0.25, 0.3) is 0 Å². The molecule has 0 aliphatic carbocycles. The maximum Gasteiger partial charge on any atom is 0.240 e. The van der Waals surface area contributed by atoms with Crippen molar-refractivity contribution in [2.24, 2.45) is 0 Å². The van der Waals surface area contributed by atoms with Crippen molar-refractivity contribution in [1.29, 1.82) is 0 Å². The first-order valence-corrected chi connectivity index (χ1v) is 9.02. The van der Waals surface area contributed by atoms with E-state index in [0.29, 0.717) is 5.02 Å². The fraction of sp³-hybridized carbons (Fsp3) is 0.500. The van der Waals surface area contributed by atoms with Gasteiger partial charge in [-0.15, -0.1) is 0 Å². The Labute approximate surface area is 123 Å². The van der Waals surface area contributed by atoms with Crippen LogP contribution in [-0.4, -0.2) is 40.2 Å². The zero-order valence-electron chi connectivity index (χ0n) is 10.9. The normalized spacial score (nSPS) is 13.4. The van der Waals surface area contributed by atoms with E-state index in [-0.39, 0.29) is 17.5 Å². The first-order chi connectivity index (χ1) is 8.99. The van der Waals surface area contributed by atoms with E-state index in [1.165, 1.54) is 12.1 Å². The fourth-order valence-corrected chi connectivity index (χ4v) is 3.34. The van der Waals surface area contributed by atoms with Crippen molar-refractivity contribution in [3.63, 3.8) is 0 Å². The molecule has 0 aromatic heterocycles. The van der Waals surface area contributed by atoms with Crippen molar-refractivity contribution >= 4 is 33.4 Å². The van der Waals surface area contributed by atoms with Crippen LogP contribution in [0.1, 0.15) is 6.42 Å². The maximum absolute atomic E-state index is 12.0. The summed E-state index contributed by atoms with van der Waals surface area (Å²) < 4.78 is 31.9. The Morgan fingerprint density at radius 2 is 2.21 bits per heavy atom. The number of halogens is 1. The highest BCUT2D eigenvalue weighted by atomic mass is 35.5. The molecule has 1 aromatic rings. The molecule has 1 unspecified atom stereocenters. The summed E-state index contributed by atoms with van der Waals surface area (Å²) in [5.41, 5.74) is 0. The molecule has 19 heavy (non-hydrogen) atoms. The molecule has 0 aliphatic heterocycles. The Morgan fingerprint density at radius 3 is 2.79 bits per heavy atom. The fourth-order valence-electron chi connectivity index (χ4n) is 1.47. The van der Waals surface area contributed by atoms with Gasteiger partial charge in [-0.3, -0.25) is 0 Å². The Balaban J connectivity index is 2.64. The van der Waals surface area contributed by atoms with Gasteiger partial charge in [-0.25, -0.2) is 13.1 Å². The van der Waals surface area contributed by atoms with E-state index in [4.69, 9.17) is 16.3 Å². The molecule has 0 saturated carbocycles. The molecule has 0 saturated heterocycles. The summed E-state index contributed by atoms with van der Waals surface area (Å²) in [6, 6.07) is 6.18. The van der Waals surface area contributed by atoms with Gasteiger partial charge in [0.05, 0.1) is 11.0 Å². The van der Waals surface area contributed by atoms with Crippen LogP contribution in [0.4, 0.5) is 0 Å². The lowest BCUT2D eigenvalue weighted by atomic mass is 10.3. The van der Waals surface area contributed by atoms with Crippen LogP contribution in [0.5, 0.6) is 0 Å². The molecule has 0 amide bonds. The highest BCUT2D eigenvalue weighted by molar-refractivity contribution is 7.98. The minimum absolute atomic E-state index is 0.124. The summed E-state index contributed by atoms with van der Waals surface area (Å²) in [4.78, 5) is 0.166. The molecular weight excluding hydrogens is 306 g/mol. The topological polar surface area (TPSA) is 55.4 Å². The molecule has 1 rings (SSSR count). The van der Waals surface area contributed by atoms with Crippen LogP contribution in [0.3, 0.4) is 0 Å². The van der Waals surface area contributed by atoms with E-state index < -0.39 is 10.0 Å². The number of benzene rings is 1.